The number of benzene rings is 2. The fourth-order valence-electron chi connectivity index (χ4n) is 3.41. The highest BCUT2D eigenvalue weighted by Crippen LogP contribution is 2.37. The third-order valence-corrected chi connectivity index (χ3v) is 4.77. The first-order chi connectivity index (χ1) is 12.2. The van der Waals surface area contributed by atoms with Crippen molar-refractivity contribution in [3.63, 3.8) is 0 Å². The van der Waals surface area contributed by atoms with E-state index in [-0.39, 0.29) is 12.7 Å². The molecule has 25 heavy (non-hydrogen) atoms. The molecule has 2 atom stereocenters. The van der Waals surface area contributed by atoms with Gasteiger partial charge in [-0.2, -0.15) is 0 Å². The molecule has 0 spiro atoms. The van der Waals surface area contributed by atoms with Gasteiger partial charge in [-0.05, 0) is 43.2 Å². The molecule has 2 aromatic carbocycles. The number of fused-ring (bicyclic) bond motifs is 1. The number of amides is 1. The third-order valence-electron chi connectivity index (χ3n) is 4.77. The molecule has 5 nitrogen and oxygen atoms in total. The zero-order valence-electron chi connectivity index (χ0n) is 14.2. The van der Waals surface area contributed by atoms with Crippen molar-refractivity contribution in [2.75, 3.05) is 19.9 Å². The van der Waals surface area contributed by atoms with E-state index in [9.17, 15) is 4.79 Å². The number of para-hydroxylation sites is 1. The second-order valence-electron chi connectivity index (χ2n) is 6.46. The SMILES string of the molecule is C[C@@H](Oc1ccccc1)C(=O)N1CC[C@H](c2ccc3c(c2)OCO3)C1. The van der Waals surface area contributed by atoms with E-state index < -0.39 is 6.10 Å². The van der Waals surface area contributed by atoms with Crippen LogP contribution < -0.4 is 14.2 Å². The van der Waals surface area contributed by atoms with E-state index in [1.165, 1.54) is 5.56 Å². The highest BCUT2D eigenvalue weighted by molar-refractivity contribution is 5.81. The van der Waals surface area contributed by atoms with Gasteiger partial charge in [-0.25, -0.2) is 0 Å². The maximum absolute atomic E-state index is 12.7. The summed E-state index contributed by atoms with van der Waals surface area (Å²) in [6.07, 6.45) is 0.460. The van der Waals surface area contributed by atoms with Gasteiger partial charge in [0, 0.05) is 19.0 Å². The van der Waals surface area contributed by atoms with Gasteiger partial charge in [-0.3, -0.25) is 4.79 Å². The van der Waals surface area contributed by atoms with E-state index in [0.717, 1.165) is 30.2 Å². The molecule has 4 rings (SSSR count). The lowest BCUT2D eigenvalue weighted by molar-refractivity contribution is -0.136. The second-order valence-corrected chi connectivity index (χ2v) is 6.46. The highest BCUT2D eigenvalue weighted by atomic mass is 16.7. The van der Waals surface area contributed by atoms with Crippen LogP contribution in [0, 0.1) is 0 Å². The van der Waals surface area contributed by atoms with Crippen LogP contribution in [0.1, 0.15) is 24.8 Å². The summed E-state index contributed by atoms with van der Waals surface area (Å²) in [6.45, 7) is 3.55. The molecule has 5 heteroatoms. The van der Waals surface area contributed by atoms with Crippen molar-refractivity contribution in [3.05, 3.63) is 54.1 Å². The first-order valence-corrected chi connectivity index (χ1v) is 8.61. The Labute approximate surface area is 147 Å². The molecule has 0 bridgehead atoms. The number of hydrogen-bond donors (Lipinski definition) is 0. The van der Waals surface area contributed by atoms with Crippen molar-refractivity contribution in [1.82, 2.24) is 4.90 Å². The lowest BCUT2D eigenvalue weighted by Gasteiger charge is -2.22. The predicted octanol–water partition coefficient (Wildman–Crippen LogP) is 3.20. The van der Waals surface area contributed by atoms with Gasteiger partial charge in [0.1, 0.15) is 5.75 Å². The Bertz CT molecular complexity index is 762. The monoisotopic (exact) mass is 339 g/mol. The molecule has 1 saturated heterocycles. The van der Waals surface area contributed by atoms with Crippen molar-refractivity contribution < 1.29 is 19.0 Å². The summed E-state index contributed by atoms with van der Waals surface area (Å²) in [6, 6.07) is 15.5. The molecular formula is C20H21NO4. The quantitative estimate of drug-likeness (QED) is 0.858. The first-order valence-electron chi connectivity index (χ1n) is 8.61. The Morgan fingerprint density at radius 1 is 1.16 bits per heavy atom. The van der Waals surface area contributed by atoms with Crippen LogP contribution in [0.4, 0.5) is 0 Å². The summed E-state index contributed by atoms with van der Waals surface area (Å²) in [4.78, 5) is 14.6. The first kappa shape index (κ1) is 15.8. The molecule has 1 amide bonds. The van der Waals surface area contributed by atoms with Crippen molar-refractivity contribution >= 4 is 5.91 Å². The molecule has 130 valence electrons. The summed E-state index contributed by atoms with van der Waals surface area (Å²) in [5.41, 5.74) is 1.19. The van der Waals surface area contributed by atoms with Crippen LogP contribution >= 0.6 is 0 Å². The van der Waals surface area contributed by atoms with Crippen molar-refractivity contribution in [2.24, 2.45) is 0 Å². The van der Waals surface area contributed by atoms with E-state index in [2.05, 4.69) is 6.07 Å². The number of carbonyl (C=O) groups is 1. The Balaban J connectivity index is 1.39. The summed E-state index contributed by atoms with van der Waals surface area (Å²) in [5.74, 6) is 2.66. The third kappa shape index (κ3) is 3.27. The van der Waals surface area contributed by atoms with Crippen LogP contribution in [-0.2, 0) is 4.79 Å². The number of nitrogens with zero attached hydrogens (tertiary/aromatic N) is 1. The molecule has 0 aromatic heterocycles. The number of likely N-dealkylation sites (tertiary alicyclic amines) is 1. The summed E-state index contributed by atoms with van der Waals surface area (Å²) in [7, 11) is 0. The van der Waals surface area contributed by atoms with Gasteiger partial charge in [-0.15, -0.1) is 0 Å². The molecule has 0 aliphatic carbocycles. The smallest absolute Gasteiger partial charge is 0.263 e. The molecule has 2 heterocycles. The van der Waals surface area contributed by atoms with E-state index in [1.807, 2.05) is 54.3 Å². The molecule has 0 unspecified atom stereocenters. The van der Waals surface area contributed by atoms with Crippen LogP contribution in [0.3, 0.4) is 0 Å². The summed E-state index contributed by atoms with van der Waals surface area (Å²) in [5, 5.41) is 0. The number of rotatable bonds is 4. The van der Waals surface area contributed by atoms with Crippen LogP contribution in [-0.4, -0.2) is 36.8 Å². The topological polar surface area (TPSA) is 48.0 Å². The van der Waals surface area contributed by atoms with Gasteiger partial charge in [-0.1, -0.05) is 24.3 Å². The summed E-state index contributed by atoms with van der Waals surface area (Å²) < 4.78 is 16.6. The lowest BCUT2D eigenvalue weighted by Crippen LogP contribution is -2.39. The Kier molecular flexibility index (Phi) is 4.22. The summed E-state index contributed by atoms with van der Waals surface area (Å²) >= 11 is 0. The van der Waals surface area contributed by atoms with E-state index in [0.29, 0.717) is 12.5 Å². The number of carbonyl (C=O) groups excluding carboxylic acids is 1. The van der Waals surface area contributed by atoms with Gasteiger partial charge in [0.05, 0.1) is 0 Å². The van der Waals surface area contributed by atoms with E-state index in [4.69, 9.17) is 14.2 Å². The van der Waals surface area contributed by atoms with Crippen molar-refractivity contribution in [1.29, 1.82) is 0 Å². The van der Waals surface area contributed by atoms with E-state index >= 15 is 0 Å². The fraction of sp³-hybridized carbons (Fsp3) is 0.350. The minimum Gasteiger partial charge on any atom is -0.481 e. The molecule has 0 N–H and O–H groups in total. The van der Waals surface area contributed by atoms with Gasteiger partial charge in [0.2, 0.25) is 6.79 Å². The molecule has 1 fully saturated rings. The average Bonchev–Trinajstić information content (AvgIpc) is 3.30. The Morgan fingerprint density at radius 3 is 2.80 bits per heavy atom. The maximum atomic E-state index is 12.7. The van der Waals surface area contributed by atoms with Crippen LogP contribution in [0.15, 0.2) is 48.5 Å². The minimum atomic E-state index is -0.488. The molecule has 2 aliphatic heterocycles. The van der Waals surface area contributed by atoms with Crippen LogP contribution in [0.2, 0.25) is 0 Å². The normalized spacial score (nSPS) is 19.7. The minimum absolute atomic E-state index is 0.0343. The molecule has 0 radical (unpaired) electrons. The Morgan fingerprint density at radius 2 is 1.96 bits per heavy atom. The lowest BCUT2D eigenvalue weighted by atomic mass is 9.98. The van der Waals surface area contributed by atoms with Gasteiger partial charge >= 0.3 is 0 Å². The maximum Gasteiger partial charge on any atom is 0.263 e. The molecule has 2 aliphatic rings. The zero-order chi connectivity index (χ0) is 17.2. The molecule has 0 saturated carbocycles. The Hall–Kier alpha value is -2.69. The second kappa shape index (κ2) is 6.67. The standard InChI is InChI=1S/C20H21NO4/c1-14(25-17-5-3-2-4-6-17)20(22)21-10-9-16(12-21)15-7-8-18-19(11-15)24-13-23-18/h2-8,11,14,16H,9-10,12-13H2,1H3/t14-,16+/m1/s1. The van der Waals surface area contributed by atoms with E-state index in [1.54, 1.807) is 0 Å². The largest absolute Gasteiger partial charge is 0.481 e. The fourth-order valence-corrected chi connectivity index (χ4v) is 3.41. The van der Waals surface area contributed by atoms with Crippen molar-refractivity contribution in [3.8, 4) is 17.2 Å². The van der Waals surface area contributed by atoms with Crippen LogP contribution in [0.25, 0.3) is 0 Å². The van der Waals surface area contributed by atoms with Gasteiger partial charge < -0.3 is 19.1 Å². The highest BCUT2D eigenvalue weighted by Gasteiger charge is 2.31. The van der Waals surface area contributed by atoms with Gasteiger partial charge in [0.25, 0.3) is 5.91 Å². The molecule has 2 aromatic rings. The van der Waals surface area contributed by atoms with Gasteiger partial charge in [0.15, 0.2) is 17.6 Å². The van der Waals surface area contributed by atoms with Crippen LogP contribution in [0.5, 0.6) is 17.2 Å². The number of hydrogen-bond acceptors (Lipinski definition) is 4. The number of ether oxygens (including phenoxy) is 3. The molecular weight excluding hydrogens is 318 g/mol. The predicted molar refractivity (Wildman–Crippen MR) is 93.0 cm³/mol. The van der Waals surface area contributed by atoms with Crippen molar-refractivity contribution in [2.45, 2.75) is 25.4 Å². The average molecular weight is 339 g/mol. The zero-order valence-corrected chi connectivity index (χ0v) is 14.2.